The standard InChI is InChI=1S/C20H21NO3/c1-20(2,3)17-10-6-7-11-18(17)23-14-19(22)24-13-16-9-5-4-8-15(16)12-21/h4-11H,13-14H2,1-3H3. The Morgan fingerprint density at radius 3 is 2.46 bits per heavy atom. The number of para-hydroxylation sites is 1. The monoisotopic (exact) mass is 323 g/mol. The molecule has 0 aliphatic rings. The van der Waals surface area contributed by atoms with E-state index in [9.17, 15) is 4.79 Å². The maximum absolute atomic E-state index is 11.9. The number of hydrogen-bond acceptors (Lipinski definition) is 4. The first-order chi connectivity index (χ1) is 11.4. The molecule has 0 saturated carbocycles. The Morgan fingerprint density at radius 1 is 1.08 bits per heavy atom. The van der Waals surface area contributed by atoms with Gasteiger partial charge >= 0.3 is 5.97 Å². The van der Waals surface area contributed by atoms with E-state index in [4.69, 9.17) is 14.7 Å². The summed E-state index contributed by atoms with van der Waals surface area (Å²) in [6, 6.07) is 16.8. The molecule has 0 bridgehead atoms. The van der Waals surface area contributed by atoms with Crippen LogP contribution < -0.4 is 4.74 Å². The number of nitrogens with zero attached hydrogens (tertiary/aromatic N) is 1. The van der Waals surface area contributed by atoms with Gasteiger partial charge in [0.25, 0.3) is 0 Å². The Kier molecular flexibility index (Phi) is 5.59. The van der Waals surface area contributed by atoms with Gasteiger partial charge < -0.3 is 9.47 Å². The molecule has 0 spiro atoms. The number of nitriles is 1. The van der Waals surface area contributed by atoms with Crippen LogP contribution in [0.3, 0.4) is 0 Å². The van der Waals surface area contributed by atoms with E-state index in [1.54, 1.807) is 24.3 Å². The molecule has 0 unspecified atom stereocenters. The minimum absolute atomic E-state index is 0.0623. The van der Waals surface area contributed by atoms with Gasteiger partial charge in [-0.15, -0.1) is 0 Å². The summed E-state index contributed by atoms with van der Waals surface area (Å²) in [7, 11) is 0. The number of ether oxygens (including phenoxy) is 2. The van der Waals surface area contributed by atoms with Crippen LogP contribution in [0.5, 0.6) is 5.75 Å². The largest absolute Gasteiger partial charge is 0.482 e. The summed E-state index contributed by atoms with van der Waals surface area (Å²) in [6.07, 6.45) is 0. The van der Waals surface area contributed by atoms with E-state index in [0.29, 0.717) is 16.9 Å². The first kappa shape index (κ1) is 17.6. The quantitative estimate of drug-likeness (QED) is 0.781. The molecule has 24 heavy (non-hydrogen) atoms. The van der Waals surface area contributed by atoms with Crippen molar-refractivity contribution in [2.75, 3.05) is 6.61 Å². The van der Waals surface area contributed by atoms with Crippen molar-refractivity contribution >= 4 is 5.97 Å². The number of benzene rings is 2. The molecule has 0 amide bonds. The summed E-state index contributed by atoms with van der Waals surface area (Å²) in [4.78, 5) is 11.9. The highest BCUT2D eigenvalue weighted by atomic mass is 16.6. The Balaban J connectivity index is 1.94. The smallest absolute Gasteiger partial charge is 0.344 e. The molecular formula is C20H21NO3. The highest BCUT2D eigenvalue weighted by molar-refractivity contribution is 5.71. The van der Waals surface area contributed by atoms with Crippen LogP contribution in [-0.2, 0) is 21.6 Å². The third-order valence-corrected chi connectivity index (χ3v) is 3.57. The predicted molar refractivity (Wildman–Crippen MR) is 91.6 cm³/mol. The van der Waals surface area contributed by atoms with Crippen molar-refractivity contribution in [1.29, 1.82) is 5.26 Å². The van der Waals surface area contributed by atoms with E-state index in [0.717, 1.165) is 5.56 Å². The number of esters is 1. The molecule has 2 aromatic rings. The van der Waals surface area contributed by atoms with Gasteiger partial charge in [-0.05, 0) is 23.1 Å². The van der Waals surface area contributed by atoms with E-state index in [1.165, 1.54) is 0 Å². The van der Waals surface area contributed by atoms with Gasteiger partial charge in [-0.25, -0.2) is 4.79 Å². The molecule has 0 heterocycles. The fourth-order valence-corrected chi connectivity index (χ4v) is 2.30. The topological polar surface area (TPSA) is 59.3 Å². The minimum atomic E-state index is -0.466. The number of carbonyl (C=O) groups is 1. The predicted octanol–water partition coefficient (Wildman–Crippen LogP) is 3.98. The van der Waals surface area contributed by atoms with Crippen LogP contribution in [0.4, 0.5) is 0 Å². The van der Waals surface area contributed by atoms with E-state index in [-0.39, 0.29) is 18.6 Å². The van der Waals surface area contributed by atoms with Crippen molar-refractivity contribution in [1.82, 2.24) is 0 Å². The number of carbonyl (C=O) groups excluding carboxylic acids is 1. The Morgan fingerprint density at radius 2 is 1.75 bits per heavy atom. The van der Waals surface area contributed by atoms with E-state index in [2.05, 4.69) is 26.8 Å². The van der Waals surface area contributed by atoms with Crippen molar-refractivity contribution in [2.45, 2.75) is 32.8 Å². The van der Waals surface area contributed by atoms with Crippen LogP contribution in [0.15, 0.2) is 48.5 Å². The fraction of sp³-hybridized carbons (Fsp3) is 0.300. The first-order valence-corrected chi connectivity index (χ1v) is 7.78. The van der Waals surface area contributed by atoms with E-state index >= 15 is 0 Å². The molecule has 124 valence electrons. The summed E-state index contributed by atoms with van der Waals surface area (Å²) in [5, 5.41) is 9.03. The van der Waals surface area contributed by atoms with Gasteiger partial charge in [0.15, 0.2) is 6.61 Å². The Bertz CT molecular complexity index is 754. The third-order valence-electron chi connectivity index (χ3n) is 3.57. The molecule has 0 saturated heterocycles. The van der Waals surface area contributed by atoms with Gasteiger partial charge in [-0.3, -0.25) is 0 Å². The molecule has 0 fully saturated rings. The fourth-order valence-electron chi connectivity index (χ4n) is 2.30. The zero-order valence-electron chi connectivity index (χ0n) is 14.2. The molecular weight excluding hydrogens is 302 g/mol. The SMILES string of the molecule is CC(C)(C)c1ccccc1OCC(=O)OCc1ccccc1C#N. The summed E-state index contributed by atoms with van der Waals surface area (Å²) in [5.74, 6) is 0.214. The second kappa shape index (κ2) is 7.65. The first-order valence-electron chi connectivity index (χ1n) is 7.78. The lowest BCUT2D eigenvalue weighted by Crippen LogP contribution is -2.18. The van der Waals surface area contributed by atoms with Crippen LogP contribution in [0.25, 0.3) is 0 Å². The average molecular weight is 323 g/mol. The lowest BCUT2D eigenvalue weighted by molar-refractivity contribution is -0.147. The molecule has 4 heteroatoms. The van der Waals surface area contributed by atoms with Crippen LogP contribution in [-0.4, -0.2) is 12.6 Å². The maximum Gasteiger partial charge on any atom is 0.344 e. The summed E-state index contributed by atoms with van der Waals surface area (Å²) >= 11 is 0. The average Bonchev–Trinajstić information content (AvgIpc) is 2.57. The Hall–Kier alpha value is -2.80. The van der Waals surface area contributed by atoms with Crippen molar-refractivity contribution < 1.29 is 14.3 Å². The van der Waals surface area contributed by atoms with Crippen LogP contribution in [0.2, 0.25) is 0 Å². The van der Waals surface area contributed by atoms with E-state index in [1.807, 2.05) is 24.3 Å². The lowest BCUT2D eigenvalue weighted by atomic mass is 9.86. The van der Waals surface area contributed by atoms with Gasteiger partial charge in [0.2, 0.25) is 0 Å². The molecule has 0 atom stereocenters. The summed E-state index contributed by atoms with van der Waals surface area (Å²) in [5.41, 5.74) is 2.15. The summed E-state index contributed by atoms with van der Waals surface area (Å²) in [6.45, 7) is 6.17. The zero-order valence-corrected chi connectivity index (χ0v) is 14.2. The molecule has 4 nitrogen and oxygen atoms in total. The maximum atomic E-state index is 11.9. The molecule has 2 aromatic carbocycles. The minimum Gasteiger partial charge on any atom is -0.482 e. The van der Waals surface area contributed by atoms with Crippen LogP contribution >= 0.6 is 0 Å². The van der Waals surface area contributed by atoms with Gasteiger partial charge in [-0.2, -0.15) is 5.26 Å². The Labute approximate surface area is 142 Å². The van der Waals surface area contributed by atoms with Gasteiger partial charge in [-0.1, -0.05) is 57.2 Å². The molecule has 0 aliphatic carbocycles. The van der Waals surface area contributed by atoms with Crippen molar-refractivity contribution in [3.05, 3.63) is 65.2 Å². The number of hydrogen-bond donors (Lipinski definition) is 0. The third kappa shape index (κ3) is 4.60. The van der Waals surface area contributed by atoms with Crippen LogP contribution in [0, 0.1) is 11.3 Å². The van der Waals surface area contributed by atoms with Gasteiger partial charge in [0.05, 0.1) is 11.6 Å². The lowest BCUT2D eigenvalue weighted by Gasteiger charge is -2.22. The van der Waals surface area contributed by atoms with Gasteiger partial charge in [0, 0.05) is 5.56 Å². The highest BCUT2D eigenvalue weighted by Crippen LogP contribution is 2.30. The van der Waals surface area contributed by atoms with Crippen molar-refractivity contribution in [3.63, 3.8) is 0 Å². The van der Waals surface area contributed by atoms with Crippen molar-refractivity contribution in [2.24, 2.45) is 0 Å². The second-order valence-corrected chi connectivity index (χ2v) is 6.46. The van der Waals surface area contributed by atoms with Gasteiger partial charge in [0.1, 0.15) is 12.4 Å². The molecule has 0 N–H and O–H groups in total. The molecule has 0 aromatic heterocycles. The normalized spacial score (nSPS) is 10.8. The molecule has 2 rings (SSSR count). The molecule has 0 radical (unpaired) electrons. The molecule has 0 aliphatic heterocycles. The van der Waals surface area contributed by atoms with E-state index < -0.39 is 5.97 Å². The zero-order chi connectivity index (χ0) is 17.6. The second-order valence-electron chi connectivity index (χ2n) is 6.46. The van der Waals surface area contributed by atoms with Crippen LogP contribution in [0.1, 0.15) is 37.5 Å². The summed E-state index contributed by atoms with van der Waals surface area (Å²) < 4.78 is 10.8. The van der Waals surface area contributed by atoms with Crippen molar-refractivity contribution in [3.8, 4) is 11.8 Å². The highest BCUT2D eigenvalue weighted by Gasteiger charge is 2.19. The number of rotatable bonds is 5.